The van der Waals surface area contributed by atoms with Gasteiger partial charge in [0, 0.05) is 29.8 Å². The number of anilines is 2. The number of rotatable bonds is 5. The molecule has 3 aromatic carbocycles. The number of nitrogens with zero attached hydrogens (tertiary/aromatic N) is 2. The third-order valence-corrected chi connectivity index (χ3v) is 6.22. The number of hydrogen-bond donors (Lipinski definition) is 1. The van der Waals surface area contributed by atoms with Gasteiger partial charge in [-0.25, -0.2) is 4.39 Å². The van der Waals surface area contributed by atoms with Crippen molar-refractivity contribution in [3.8, 4) is 11.1 Å². The van der Waals surface area contributed by atoms with Crippen LogP contribution < -0.4 is 10.2 Å². The molecule has 2 amide bonds. The Morgan fingerprint density at radius 2 is 1.80 bits per heavy atom. The first-order chi connectivity index (χ1) is 17.0. The maximum Gasteiger partial charge on any atom is 0.256 e. The number of nitrogens with one attached hydrogen (secondary N) is 1. The van der Waals surface area contributed by atoms with Crippen molar-refractivity contribution in [3.63, 3.8) is 0 Å². The molecule has 2 heterocycles. The topological polar surface area (TPSA) is 62.3 Å². The predicted octanol–water partition coefficient (Wildman–Crippen LogP) is 5.58. The van der Waals surface area contributed by atoms with Crippen molar-refractivity contribution < 1.29 is 14.0 Å². The number of pyridine rings is 1. The standard InChI is InChI=1S/C29H24FN3O2/c1-19-15-24(20-7-3-2-4-8-20)25(18-26(19)30)29(35)32-23-10-11-27-21(16-23)12-14-33(27)28(34)17-22-9-5-6-13-31-22/h2-11,13,15-16,18H,12,14,17H2,1H3,(H,32,35). The Balaban J connectivity index is 1.37. The molecule has 0 saturated heterocycles. The van der Waals surface area contributed by atoms with Gasteiger partial charge in [0.2, 0.25) is 5.91 Å². The minimum Gasteiger partial charge on any atom is -0.322 e. The van der Waals surface area contributed by atoms with Crippen molar-refractivity contribution in [3.05, 3.63) is 113 Å². The number of amides is 2. The fraction of sp³-hybridized carbons (Fsp3) is 0.138. The number of hydrogen-bond acceptors (Lipinski definition) is 3. The van der Waals surface area contributed by atoms with Gasteiger partial charge in [-0.05, 0) is 78.1 Å². The molecule has 1 aliphatic heterocycles. The van der Waals surface area contributed by atoms with Crippen LogP contribution in [0.25, 0.3) is 11.1 Å². The summed E-state index contributed by atoms with van der Waals surface area (Å²) in [6, 6.07) is 23.5. The first-order valence-corrected chi connectivity index (χ1v) is 11.5. The fourth-order valence-electron chi connectivity index (χ4n) is 4.42. The summed E-state index contributed by atoms with van der Waals surface area (Å²) in [5.74, 6) is -0.823. The van der Waals surface area contributed by atoms with Crippen LogP contribution in [0.1, 0.15) is 27.2 Å². The van der Waals surface area contributed by atoms with Gasteiger partial charge in [0.1, 0.15) is 5.82 Å². The van der Waals surface area contributed by atoms with Crippen molar-refractivity contribution in [1.29, 1.82) is 0 Å². The number of halogens is 1. The highest BCUT2D eigenvalue weighted by atomic mass is 19.1. The zero-order valence-corrected chi connectivity index (χ0v) is 19.3. The van der Waals surface area contributed by atoms with E-state index in [-0.39, 0.29) is 23.8 Å². The molecule has 5 nitrogen and oxygen atoms in total. The first kappa shape index (κ1) is 22.5. The Kier molecular flexibility index (Phi) is 6.10. The molecule has 0 bridgehead atoms. The van der Waals surface area contributed by atoms with E-state index in [1.165, 1.54) is 6.07 Å². The van der Waals surface area contributed by atoms with E-state index in [0.717, 1.165) is 22.5 Å². The summed E-state index contributed by atoms with van der Waals surface area (Å²) in [4.78, 5) is 32.0. The van der Waals surface area contributed by atoms with Gasteiger partial charge in [0.15, 0.2) is 0 Å². The number of carbonyl (C=O) groups excluding carboxylic acids is 2. The summed E-state index contributed by atoms with van der Waals surface area (Å²) < 4.78 is 14.4. The van der Waals surface area contributed by atoms with Gasteiger partial charge in [-0.3, -0.25) is 14.6 Å². The Hall–Kier alpha value is -4.32. The highest BCUT2D eigenvalue weighted by Crippen LogP contribution is 2.32. The van der Waals surface area contributed by atoms with Crippen LogP contribution >= 0.6 is 0 Å². The second-order valence-electron chi connectivity index (χ2n) is 8.60. The monoisotopic (exact) mass is 465 g/mol. The van der Waals surface area contributed by atoms with Gasteiger partial charge < -0.3 is 10.2 Å². The Labute approximate surface area is 203 Å². The third-order valence-electron chi connectivity index (χ3n) is 6.22. The first-order valence-electron chi connectivity index (χ1n) is 11.5. The van der Waals surface area contributed by atoms with E-state index in [2.05, 4.69) is 10.3 Å². The predicted molar refractivity (Wildman–Crippen MR) is 135 cm³/mol. The van der Waals surface area contributed by atoms with Crippen LogP contribution in [0.5, 0.6) is 0 Å². The summed E-state index contributed by atoms with van der Waals surface area (Å²) in [5.41, 5.74) is 5.43. The number of aryl methyl sites for hydroxylation is 1. The second kappa shape index (κ2) is 9.50. The lowest BCUT2D eigenvalue weighted by Gasteiger charge is -2.18. The van der Waals surface area contributed by atoms with Crippen LogP contribution in [0.4, 0.5) is 15.8 Å². The maximum absolute atomic E-state index is 14.4. The molecule has 174 valence electrons. The summed E-state index contributed by atoms with van der Waals surface area (Å²) >= 11 is 0. The van der Waals surface area contributed by atoms with E-state index in [4.69, 9.17) is 0 Å². The van der Waals surface area contributed by atoms with Gasteiger partial charge in [-0.1, -0.05) is 36.4 Å². The zero-order valence-electron chi connectivity index (χ0n) is 19.3. The molecule has 0 atom stereocenters. The normalized spacial score (nSPS) is 12.3. The lowest BCUT2D eigenvalue weighted by atomic mass is 9.96. The Morgan fingerprint density at radius 1 is 1.00 bits per heavy atom. The number of fused-ring (bicyclic) bond motifs is 1. The lowest BCUT2D eigenvalue weighted by molar-refractivity contribution is -0.117. The highest BCUT2D eigenvalue weighted by molar-refractivity contribution is 6.09. The molecule has 0 spiro atoms. The third kappa shape index (κ3) is 4.68. The van der Waals surface area contributed by atoms with Crippen LogP contribution in [0.15, 0.2) is 85.1 Å². The van der Waals surface area contributed by atoms with Gasteiger partial charge in [-0.15, -0.1) is 0 Å². The molecular weight excluding hydrogens is 441 g/mol. The summed E-state index contributed by atoms with van der Waals surface area (Å²) in [6.45, 7) is 2.27. The summed E-state index contributed by atoms with van der Waals surface area (Å²) in [5, 5.41) is 2.91. The van der Waals surface area contributed by atoms with E-state index in [9.17, 15) is 14.0 Å². The molecule has 1 N–H and O–H groups in total. The molecule has 0 unspecified atom stereocenters. The minimum absolute atomic E-state index is 0.0122. The van der Waals surface area contributed by atoms with E-state index in [1.807, 2.05) is 60.7 Å². The summed E-state index contributed by atoms with van der Waals surface area (Å²) in [7, 11) is 0. The molecule has 5 rings (SSSR count). The number of aromatic nitrogens is 1. The van der Waals surface area contributed by atoms with E-state index in [1.54, 1.807) is 30.2 Å². The van der Waals surface area contributed by atoms with E-state index in [0.29, 0.717) is 29.8 Å². The van der Waals surface area contributed by atoms with Crippen LogP contribution in [0, 0.1) is 12.7 Å². The van der Waals surface area contributed by atoms with Crippen molar-refractivity contribution in [2.24, 2.45) is 0 Å². The summed E-state index contributed by atoms with van der Waals surface area (Å²) in [6.07, 6.45) is 2.61. The van der Waals surface area contributed by atoms with Gasteiger partial charge in [-0.2, -0.15) is 0 Å². The molecule has 6 heteroatoms. The Bertz CT molecular complexity index is 1400. The second-order valence-corrected chi connectivity index (χ2v) is 8.60. The van der Waals surface area contributed by atoms with Crippen molar-refractivity contribution in [2.75, 3.05) is 16.8 Å². The zero-order chi connectivity index (χ0) is 24.4. The average molecular weight is 466 g/mol. The Morgan fingerprint density at radius 3 is 2.57 bits per heavy atom. The van der Waals surface area contributed by atoms with Crippen molar-refractivity contribution >= 4 is 23.2 Å². The number of benzene rings is 3. The smallest absolute Gasteiger partial charge is 0.256 e. The molecule has 1 aromatic heterocycles. The van der Waals surface area contributed by atoms with E-state index < -0.39 is 5.82 Å². The fourth-order valence-corrected chi connectivity index (χ4v) is 4.42. The van der Waals surface area contributed by atoms with Crippen molar-refractivity contribution in [1.82, 2.24) is 4.98 Å². The highest BCUT2D eigenvalue weighted by Gasteiger charge is 2.25. The maximum atomic E-state index is 14.4. The van der Waals surface area contributed by atoms with Gasteiger partial charge in [0.25, 0.3) is 5.91 Å². The number of carbonyl (C=O) groups is 2. The van der Waals surface area contributed by atoms with Crippen LogP contribution in [0.3, 0.4) is 0 Å². The van der Waals surface area contributed by atoms with Crippen LogP contribution in [-0.4, -0.2) is 23.3 Å². The van der Waals surface area contributed by atoms with Gasteiger partial charge in [0.05, 0.1) is 12.0 Å². The lowest BCUT2D eigenvalue weighted by Crippen LogP contribution is -2.30. The largest absolute Gasteiger partial charge is 0.322 e. The van der Waals surface area contributed by atoms with Crippen molar-refractivity contribution in [2.45, 2.75) is 19.8 Å². The molecule has 0 saturated carbocycles. The van der Waals surface area contributed by atoms with Gasteiger partial charge >= 0.3 is 0 Å². The molecular formula is C29H24FN3O2. The molecule has 4 aromatic rings. The molecule has 0 fully saturated rings. The van der Waals surface area contributed by atoms with Crippen LogP contribution in [0.2, 0.25) is 0 Å². The molecule has 1 aliphatic rings. The quantitative estimate of drug-likeness (QED) is 0.419. The van der Waals surface area contributed by atoms with Crippen LogP contribution in [-0.2, 0) is 17.6 Å². The molecule has 35 heavy (non-hydrogen) atoms. The minimum atomic E-state index is -0.425. The average Bonchev–Trinajstić information content (AvgIpc) is 3.30. The van der Waals surface area contributed by atoms with E-state index >= 15 is 0 Å². The molecule has 0 aliphatic carbocycles. The molecule has 0 radical (unpaired) electrons. The SMILES string of the molecule is Cc1cc(-c2ccccc2)c(C(=O)Nc2ccc3c(c2)CCN3C(=O)Cc2ccccn2)cc1F.